The SMILES string of the molecule is CC(C)[C@H](NC(=O)C(CCCCO)N1C(=O)c2ccccc2C1=O)C(=O)O. The number of carbonyl (C=O) groups excluding carboxylic acids is 3. The Morgan fingerprint density at radius 1 is 1.07 bits per heavy atom. The van der Waals surface area contributed by atoms with E-state index in [9.17, 15) is 24.3 Å². The van der Waals surface area contributed by atoms with Gasteiger partial charge >= 0.3 is 5.97 Å². The van der Waals surface area contributed by atoms with E-state index in [0.29, 0.717) is 12.8 Å². The lowest BCUT2D eigenvalue weighted by Crippen LogP contribution is -2.54. The second-order valence-corrected chi connectivity index (χ2v) is 6.83. The first-order valence-corrected chi connectivity index (χ1v) is 8.90. The molecule has 2 atom stereocenters. The predicted octanol–water partition coefficient (Wildman–Crippen LogP) is 1.04. The molecule has 0 aliphatic carbocycles. The Bertz CT molecular complexity index is 710. The van der Waals surface area contributed by atoms with Gasteiger partial charge in [0, 0.05) is 6.61 Å². The molecule has 3 N–H and O–H groups in total. The number of nitrogens with zero attached hydrogens (tertiary/aromatic N) is 1. The number of rotatable bonds is 9. The van der Waals surface area contributed by atoms with Gasteiger partial charge in [0.25, 0.3) is 11.8 Å². The van der Waals surface area contributed by atoms with Crippen molar-refractivity contribution in [2.45, 2.75) is 45.2 Å². The minimum absolute atomic E-state index is 0.0831. The standard InChI is InChI=1S/C19H24N2O6/c1-11(2)15(19(26)27)20-16(23)14(9-5-6-10-22)21-17(24)12-7-3-4-8-13(12)18(21)25/h3-4,7-8,11,14-15,22H,5-6,9-10H2,1-2H3,(H,20,23)(H,26,27)/t14?,15-/m0/s1. The zero-order valence-corrected chi connectivity index (χ0v) is 15.3. The van der Waals surface area contributed by atoms with Crippen molar-refractivity contribution in [1.82, 2.24) is 10.2 Å². The fourth-order valence-electron chi connectivity index (χ4n) is 3.08. The summed E-state index contributed by atoms with van der Waals surface area (Å²) in [6, 6.07) is 4.04. The predicted molar refractivity (Wildman–Crippen MR) is 96.1 cm³/mol. The number of carbonyl (C=O) groups is 4. The number of carboxylic acids is 1. The lowest BCUT2D eigenvalue weighted by molar-refractivity contribution is -0.143. The maximum absolute atomic E-state index is 12.8. The van der Waals surface area contributed by atoms with Crippen molar-refractivity contribution >= 4 is 23.7 Å². The van der Waals surface area contributed by atoms with Crippen molar-refractivity contribution < 1.29 is 29.4 Å². The Morgan fingerprint density at radius 2 is 1.63 bits per heavy atom. The molecule has 0 radical (unpaired) electrons. The van der Waals surface area contributed by atoms with Gasteiger partial charge in [0.05, 0.1) is 11.1 Å². The molecular formula is C19H24N2O6. The van der Waals surface area contributed by atoms with E-state index in [2.05, 4.69) is 5.32 Å². The van der Waals surface area contributed by atoms with Crippen molar-refractivity contribution in [3.05, 3.63) is 35.4 Å². The van der Waals surface area contributed by atoms with E-state index in [-0.39, 0.29) is 30.1 Å². The lowest BCUT2D eigenvalue weighted by atomic mass is 10.0. The van der Waals surface area contributed by atoms with Crippen LogP contribution in [0.25, 0.3) is 0 Å². The molecule has 2 rings (SSSR count). The van der Waals surface area contributed by atoms with Crippen LogP contribution in [-0.4, -0.2) is 57.5 Å². The molecule has 27 heavy (non-hydrogen) atoms. The zero-order chi connectivity index (χ0) is 20.1. The first-order chi connectivity index (χ1) is 12.8. The molecule has 0 bridgehead atoms. The van der Waals surface area contributed by atoms with Crippen LogP contribution in [0.15, 0.2) is 24.3 Å². The number of aliphatic carboxylic acids is 1. The van der Waals surface area contributed by atoms with Crippen molar-refractivity contribution in [3.63, 3.8) is 0 Å². The summed E-state index contributed by atoms with van der Waals surface area (Å²) in [6.45, 7) is 3.23. The molecule has 0 saturated carbocycles. The van der Waals surface area contributed by atoms with Gasteiger partial charge in [-0.25, -0.2) is 4.79 Å². The topological polar surface area (TPSA) is 124 Å². The molecule has 0 fully saturated rings. The first kappa shape index (κ1) is 20.6. The van der Waals surface area contributed by atoms with Gasteiger partial charge in [0.15, 0.2) is 0 Å². The highest BCUT2D eigenvalue weighted by Crippen LogP contribution is 2.26. The van der Waals surface area contributed by atoms with Crippen LogP contribution in [-0.2, 0) is 9.59 Å². The average molecular weight is 376 g/mol. The molecule has 1 heterocycles. The van der Waals surface area contributed by atoms with Gasteiger partial charge in [-0.3, -0.25) is 19.3 Å². The summed E-state index contributed by atoms with van der Waals surface area (Å²) >= 11 is 0. The molecule has 1 aliphatic heterocycles. The van der Waals surface area contributed by atoms with E-state index < -0.39 is 35.8 Å². The Kier molecular flexibility index (Phi) is 6.68. The highest BCUT2D eigenvalue weighted by Gasteiger charge is 2.43. The Labute approximate surface area is 157 Å². The minimum atomic E-state index is -1.19. The molecule has 1 unspecified atom stereocenters. The normalized spacial score (nSPS) is 15.6. The largest absolute Gasteiger partial charge is 0.480 e. The third-order valence-corrected chi connectivity index (χ3v) is 4.56. The van der Waals surface area contributed by atoms with Crippen LogP contribution >= 0.6 is 0 Å². The number of fused-ring (bicyclic) bond motifs is 1. The van der Waals surface area contributed by atoms with Gasteiger partial charge in [-0.2, -0.15) is 0 Å². The number of amides is 3. The fraction of sp³-hybridized carbons (Fsp3) is 0.474. The van der Waals surface area contributed by atoms with Crippen LogP contribution < -0.4 is 5.32 Å². The summed E-state index contributed by atoms with van der Waals surface area (Å²) in [4.78, 5) is 50.5. The van der Waals surface area contributed by atoms with Crippen molar-refractivity contribution in [3.8, 4) is 0 Å². The molecule has 3 amide bonds. The van der Waals surface area contributed by atoms with Crippen LogP contribution in [0.1, 0.15) is 53.8 Å². The molecule has 8 heteroatoms. The van der Waals surface area contributed by atoms with Crippen LogP contribution in [0.2, 0.25) is 0 Å². The number of unbranched alkanes of at least 4 members (excludes halogenated alkanes) is 1. The number of carboxylic acid groups (broad SMARTS) is 1. The quantitative estimate of drug-likeness (QED) is 0.437. The first-order valence-electron chi connectivity index (χ1n) is 8.90. The molecule has 8 nitrogen and oxygen atoms in total. The summed E-state index contributed by atoms with van der Waals surface area (Å²) in [6.07, 6.45) is 0.948. The molecule has 146 valence electrons. The van der Waals surface area contributed by atoms with Crippen molar-refractivity contribution in [2.24, 2.45) is 5.92 Å². The maximum Gasteiger partial charge on any atom is 0.326 e. The Hall–Kier alpha value is -2.74. The van der Waals surface area contributed by atoms with Gasteiger partial charge in [0.1, 0.15) is 12.1 Å². The number of hydrogen-bond donors (Lipinski definition) is 3. The van der Waals surface area contributed by atoms with Gasteiger partial charge < -0.3 is 15.5 Å². The van der Waals surface area contributed by atoms with Crippen LogP contribution in [0.3, 0.4) is 0 Å². The molecule has 1 aliphatic rings. The van der Waals surface area contributed by atoms with E-state index >= 15 is 0 Å². The van der Waals surface area contributed by atoms with E-state index in [1.54, 1.807) is 26.0 Å². The monoisotopic (exact) mass is 376 g/mol. The third-order valence-electron chi connectivity index (χ3n) is 4.56. The van der Waals surface area contributed by atoms with Gasteiger partial charge in [0.2, 0.25) is 5.91 Å². The highest BCUT2D eigenvalue weighted by molar-refractivity contribution is 6.22. The molecule has 0 saturated heterocycles. The van der Waals surface area contributed by atoms with Crippen molar-refractivity contribution in [1.29, 1.82) is 0 Å². The molecular weight excluding hydrogens is 352 g/mol. The maximum atomic E-state index is 12.8. The summed E-state index contributed by atoms with van der Waals surface area (Å²) in [5.74, 6) is -3.39. The third kappa shape index (κ3) is 4.33. The summed E-state index contributed by atoms with van der Waals surface area (Å²) < 4.78 is 0. The van der Waals surface area contributed by atoms with Crippen LogP contribution in [0.5, 0.6) is 0 Å². The van der Waals surface area contributed by atoms with E-state index in [4.69, 9.17) is 5.11 Å². The number of nitrogens with one attached hydrogen (secondary N) is 1. The van der Waals surface area contributed by atoms with E-state index in [1.807, 2.05) is 0 Å². The number of aliphatic hydroxyl groups is 1. The smallest absolute Gasteiger partial charge is 0.326 e. The number of hydrogen-bond acceptors (Lipinski definition) is 5. The summed E-state index contributed by atoms with van der Waals surface area (Å²) in [5.41, 5.74) is 0.446. The summed E-state index contributed by atoms with van der Waals surface area (Å²) in [5, 5.41) is 20.7. The highest BCUT2D eigenvalue weighted by atomic mass is 16.4. The molecule has 0 aromatic heterocycles. The number of aliphatic hydroxyl groups excluding tert-OH is 1. The number of imide groups is 1. The minimum Gasteiger partial charge on any atom is -0.480 e. The second-order valence-electron chi connectivity index (χ2n) is 6.83. The second kappa shape index (κ2) is 8.77. The van der Waals surface area contributed by atoms with Crippen molar-refractivity contribution in [2.75, 3.05) is 6.61 Å². The summed E-state index contributed by atoms with van der Waals surface area (Å²) in [7, 11) is 0. The Balaban J connectivity index is 2.29. The molecule has 1 aromatic rings. The van der Waals surface area contributed by atoms with Crippen LogP contribution in [0.4, 0.5) is 0 Å². The molecule has 1 aromatic carbocycles. The Morgan fingerprint density at radius 3 is 2.07 bits per heavy atom. The van der Waals surface area contributed by atoms with E-state index in [1.165, 1.54) is 12.1 Å². The van der Waals surface area contributed by atoms with Crippen LogP contribution in [0, 0.1) is 5.92 Å². The lowest BCUT2D eigenvalue weighted by Gasteiger charge is -2.27. The number of benzene rings is 1. The van der Waals surface area contributed by atoms with Gasteiger partial charge in [-0.1, -0.05) is 26.0 Å². The average Bonchev–Trinajstić information content (AvgIpc) is 2.87. The van der Waals surface area contributed by atoms with Gasteiger partial charge in [-0.05, 0) is 37.3 Å². The zero-order valence-electron chi connectivity index (χ0n) is 15.3. The van der Waals surface area contributed by atoms with Gasteiger partial charge in [-0.15, -0.1) is 0 Å². The van der Waals surface area contributed by atoms with E-state index in [0.717, 1.165) is 4.90 Å². The fourth-order valence-corrected chi connectivity index (χ4v) is 3.08. The molecule has 0 spiro atoms.